The number of rotatable bonds is 6. The van der Waals surface area contributed by atoms with Crippen molar-refractivity contribution < 1.29 is 13.9 Å². The maximum atomic E-state index is 13.1. The SMILES string of the molecule is Cc1c(C(C)NC(=O)COc2ccc(C#N)cc2)cnn1-c1ccc(F)cc1. The van der Waals surface area contributed by atoms with Crippen molar-refractivity contribution in [3.05, 3.63) is 77.4 Å². The highest BCUT2D eigenvalue weighted by Gasteiger charge is 2.16. The van der Waals surface area contributed by atoms with E-state index in [0.29, 0.717) is 11.3 Å². The second kappa shape index (κ2) is 8.35. The van der Waals surface area contributed by atoms with E-state index in [2.05, 4.69) is 10.4 Å². The number of hydrogen-bond donors (Lipinski definition) is 1. The lowest BCUT2D eigenvalue weighted by molar-refractivity contribution is -0.123. The molecule has 0 fully saturated rings. The van der Waals surface area contributed by atoms with Crippen LogP contribution in [0.4, 0.5) is 4.39 Å². The van der Waals surface area contributed by atoms with E-state index < -0.39 is 0 Å². The van der Waals surface area contributed by atoms with Crippen molar-refractivity contribution in [2.24, 2.45) is 0 Å². The zero-order valence-electron chi connectivity index (χ0n) is 15.5. The normalized spacial score (nSPS) is 11.5. The molecule has 1 aromatic heterocycles. The standard InChI is InChI=1S/C21H19FN4O2/c1-14(25-21(27)13-28-19-9-3-16(11-23)4-10-19)20-12-24-26(15(20)2)18-7-5-17(22)6-8-18/h3-10,12,14H,13H2,1-2H3,(H,25,27). The molecule has 0 saturated carbocycles. The van der Waals surface area contributed by atoms with E-state index in [4.69, 9.17) is 10.00 Å². The lowest BCUT2D eigenvalue weighted by Crippen LogP contribution is -2.31. The smallest absolute Gasteiger partial charge is 0.258 e. The molecule has 0 bridgehead atoms. The Kier molecular flexibility index (Phi) is 5.70. The molecule has 1 heterocycles. The van der Waals surface area contributed by atoms with Crippen molar-refractivity contribution in [1.29, 1.82) is 5.26 Å². The molecule has 3 rings (SSSR count). The number of carbonyl (C=O) groups excluding carboxylic acids is 1. The van der Waals surface area contributed by atoms with Gasteiger partial charge in [0, 0.05) is 11.3 Å². The fourth-order valence-electron chi connectivity index (χ4n) is 2.83. The number of carbonyl (C=O) groups is 1. The number of nitrogens with zero attached hydrogens (tertiary/aromatic N) is 3. The largest absolute Gasteiger partial charge is 0.484 e. The fourth-order valence-corrected chi connectivity index (χ4v) is 2.83. The first-order chi connectivity index (χ1) is 13.5. The molecule has 0 aliphatic rings. The van der Waals surface area contributed by atoms with Gasteiger partial charge in [-0.15, -0.1) is 0 Å². The number of hydrogen-bond acceptors (Lipinski definition) is 4. The quantitative estimate of drug-likeness (QED) is 0.712. The molecule has 6 nitrogen and oxygen atoms in total. The highest BCUT2D eigenvalue weighted by Crippen LogP contribution is 2.20. The molecule has 142 valence electrons. The predicted molar refractivity (Wildman–Crippen MR) is 101 cm³/mol. The minimum absolute atomic E-state index is 0.138. The van der Waals surface area contributed by atoms with E-state index in [1.165, 1.54) is 12.1 Å². The number of nitriles is 1. The second-order valence-electron chi connectivity index (χ2n) is 6.29. The number of ether oxygens (including phenoxy) is 1. The topological polar surface area (TPSA) is 79.9 Å². The van der Waals surface area contributed by atoms with Gasteiger partial charge in [-0.2, -0.15) is 10.4 Å². The van der Waals surface area contributed by atoms with Crippen LogP contribution < -0.4 is 10.1 Å². The summed E-state index contributed by atoms with van der Waals surface area (Å²) in [7, 11) is 0. The van der Waals surface area contributed by atoms with Crippen LogP contribution in [0.5, 0.6) is 5.75 Å². The van der Waals surface area contributed by atoms with Crippen LogP contribution in [0.1, 0.15) is 29.8 Å². The van der Waals surface area contributed by atoms with Crippen LogP contribution in [-0.2, 0) is 4.79 Å². The highest BCUT2D eigenvalue weighted by atomic mass is 19.1. The van der Waals surface area contributed by atoms with Gasteiger partial charge < -0.3 is 10.1 Å². The first kappa shape index (κ1) is 19.1. The van der Waals surface area contributed by atoms with Crippen molar-refractivity contribution in [2.75, 3.05) is 6.61 Å². The van der Waals surface area contributed by atoms with Gasteiger partial charge in [0.25, 0.3) is 5.91 Å². The van der Waals surface area contributed by atoms with Gasteiger partial charge in [0.05, 0.1) is 29.6 Å². The van der Waals surface area contributed by atoms with Crippen LogP contribution in [0.2, 0.25) is 0 Å². The van der Waals surface area contributed by atoms with Gasteiger partial charge in [0.2, 0.25) is 0 Å². The van der Waals surface area contributed by atoms with Gasteiger partial charge in [-0.05, 0) is 62.4 Å². The molecule has 0 spiro atoms. The second-order valence-corrected chi connectivity index (χ2v) is 6.29. The van der Waals surface area contributed by atoms with Crippen molar-refractivity contribution in [3.8, 4) is 17.5 Å². The molecule has 2 aromatic carbocycles. The lowest BCUT2D eigenvalue weighted by atomic mass is 10.1. The van der Waals surface area contributed by atoms with E-state index in [-0.39, 0.29) is 24.4 Å². The van der Waals surface area contributed by atoms with E-state index >= 15 is 0 Å². The Morgan fingerprint density at radius 1 is 1.25 bits per heavy atom. The molecule has 7 heteroatoms. The van der Waals surface area contributed by atoms with E-state index in [1.54, 1.807) is 47.3 Å². The molecular weight excluding hydrogens is 359 g/mol. The highest BCUT2D eigenvalue weighted by molar-refractivity contribution is 5.78. The van der Waals surface area contributed by atoms with Crippen LogP contribution in [-0.4, -0.2) is 22.3 Å². The third-order valence-corrected chi connectivity index (χ3v) is 4.32. The number of halogens is 1. The Balaban J connectivity index is 1.61. The number of aromatic nitrogens is 2. The third kappa shape index (κ3) is 4.35. The molecule has 0 aliphatic heterocycles. The maximum Gasteiger partial charge on any atom is 0.258 e. The summed E-state index contributed by atoms with van der Waals surface area (Å²) in [4.78, 5) is 12.2. The summed E-state index contributed by atoms with van der Waals surface area (Å²) < 4.78 is 20.3. The molecule has 1 atom stereocenters. The zero-order valence-corrected chi connectivity index (χ0v) is 15.5. The van der Waals surface area contributed by atoms with E-state index in [1.807, 2.05) is 19.9 Å². The maximum absolute atomic E-state index is 13.1. The zero-order chi connectivity index (χ0) is 20.1. The van der Waals surface area contributed by atoms with Crippen molar-refractivity contribution >= 4 is 5.91 Å². The molecule has 0 saturated heterocycles. The average molecular weight is 378 g/mol. The molecular formula is C21H19FN4O2. The summed E-state index contributed by atoms with van der Waals surface area (Å²) in [6.45, 7) is 3.61. The van der Waals surface area contributed by atoms with Gasteiger partial charge in [-0.3, -0.25) is 4.79 Å². The lowest BCUT2D eigenvalue weighted by Gasteiger charge is -2.14. The van der Waals surface area contributed by atoms with Crippen molar-refractivity contribution in [1.82, 2.24) is 15.1 Å². The first-order valence-corrected chi connectivity index (χ1v) is 8.70. The van der Waals surface area contributed by atoms with Crippen LogP contribution in [0.25, 0.3) is 5.69 Å². The third-order valence-electron chi connectivity index (χ3n) is 4.32. The number of nitrogens with one attached hydrogen (secondary N) is 1. The Bertz CT molecular complexity index is 1000. The molecule has 1 unspecified atom stereocenters. The summed E-state index contributed by atoms with van der Waals surface area (Å²) in [6, 6.07) is 14.3. The van der Waals surface area contributed by atoms with Crippen molar-refractivity contribution in [3.63, 3.8) is 0 Å². The van der Waals surface area contributed by atoms with Crippen LogP contribution in [0, 0.1) is 24.1 Å². The van der Waals surface area contributed by atoms with Crippen molar-refractivity contribution in [2.45, 2.75) is 19.9 Å². The molecule has 0 aliphatic carbocycles. The first-order valence-electron chi connectivity index (χ1n) is 8.70. The Morgan fingerprint density at radius 2 is 1.93 bits per heavy atom. The van der Waals surface area contributed by atoms with Gasteiger partial charge >= 0.3 is 0 Å². The molecule has 1 amide bonds. The van der Waals surface area contributed by atoms with Crippen LogP contribution in [0.15, 0.2) is 54.7 Å². The summed E-state index contributed by atoms with van der Waals surface area (Å²) in [6.07, 6.45) is 1.69. The van der Waals surface area contributed by atoms with Gasteiger partial charge in [-0.1, -0.05) is 0 Å². The molecule has 28 heavy (non-hydrogen) atoms. The van der Waals surface area contributed by atoms with Crippen LogP contribution >= 0.6 is 0 Å². The van der Waals surface area contributed by atoms with Gasteiger partial charge in [0.15, 0.2) is 6.61 Å². The van der Waals surface area contributed by atoms with Gasteiger partial charge in [-0.25, -0.2) is 9.07 Å². The Hall–Kier alpha value is -3.66. The summed E-state index contributed by atoms with van der Waals surface area (Å²) >= 11 is 0. The minimum atomic E-state index is -0.309. The Labute approximate surface area is 162 Å². The molecule has 1 N–H and O–H groups in total. The van der Waals surface area contributed by atoms with Gasteiger partial charge in [0.1, 0.15) is 11.6 Å². The average Bonchev–Trinajstić information content (AvgIpc) is 3.09. The fraction of sp³-hybridized carbons (Fsp3) is 0.190. The predicted octanol–water partition coefficient (Wildman–Crippen LogP) is 3.45. The van der Waals surface area contributed by atoms with E-state index in [0.717, 1.165) is 16.9 Å². The van der Waals surface area contributed by atoms with E-state index in [9.17, 15) is 9.18 Å². The van der Waals surface area contributed by atoms with Crippen LogP contribution in [0.3, 0.4) is 0 Å². The molecule has 3 aromatic rings. The summed E-state index contributed by atoms with van der Waals surface area (Å²) in [5.74, 6) is -0.0652. The minimum Gasteiger partial charge on any atom is -0.484 e. The number of benzene rings is 2. The number of amides is 1. The summed E-state index contributed by atoms with van der Waals surface area (Å²) in [5, 5.41) is 16.0. The molecule has 0 radical (unpaired) electrons. The summed E-state index contributed by atoms with van der Waals surface area (Å²) in [5.41, 5.74) is 2.98. The Morgan fingerprint density at radius 3 is 2.57 bits per heavy atom. The monoisotopic (exact) mass is 378 g/mol.